The van der Waals surface area contributed by atoms with Crippen LogP contribution >= 0.6 is 0 Å². The predicted molar refractivity (Wildman–Crippen MR) is 51.9 cm³/mol. The van der Waals surface area contributed by atoms with Crippen molar-refractivity contribution in [2.45, 2.75) is 0 Å². The Morgan fingerprint density at radius 3 is 2.80 bits per heavy atom. The van der Waals surface area contributed by atoms with Crippen LogP contribution < -0.4 is 0 Å². The van der Waals surface area contributed by atoms with E-state index in [0.717, 1.165) is 10.1 Å². The van der Waals surface area contributed by atoms with Crippen molar-refractivity contribution in [3.63, 3.8) is 0 Å². The number of hydrogen-bond acceptors (Lipinski definition) is 4. The molecular formula is C8H5N3O3S. The van der Waals surface area contributed by atoms with Crippen LogP contribution in [-0.2, 0) is 10.5 Å². The molecule has 2 rings (SSSR count). The second kappa shape index (κ2) is 3.62. The molecule has 0 radical (unpaired) electrons. The number of hydrogen-bond donors (Lipinski definition) is 0. The van der Waals surface area contributed by atoms with Gasteiger partial charge in [-0.1, -0.05) is 22.6 Å². The van der Waals surface area contributed by atoms with E-state index in [1.54, 1.807) is 24.3 Å². The third-order valence-corrected chi connectivity index (χ3v) is 2.12. The summed E-state index contributed by atoms with van der Waals surface area (Å²) in [6.45, 7) is 0. The number of carbonyl (C=O) groups excluding carboxylic acids is 1. The second-order valence-electron chi connectivity index (χ2n) is 2.71. The molecule has 0 spiro atoms. The normalized spacial score (nSPS) is 10.1. The van der Waals surface area contributed by atoms with Crippen molar-refractivity contribution < 1.29 is 13.2 Å². The zero-order chi connectivity index (χ0) is 10.8. The smallest absolute Gasteiger partial charge is 0.242 e. The lowest BCUT2D eigenvalue weighted by Crippen LogP contribution is -2.07. The molecule has 1 aromatic carbocycles. The van der Waals surface area contributed by atoms with Crippen molar-refractivity contribution in [1.82, 2.24) is 9.78 Å². The standard InChI is InChI=1S/C8H5N3O3S/c12-8(10-15(13)14)11-7-4-2-1-3-6(7)5-9-11/h1-5H. The molecule has 1 heterocycles. The van der Waals surface area contributed by atoms with E-state index in [1.807, 2.05) is 0 Å². The molecule has 0 unspecified atom stereocenters. The third-order valence-electron chi connectivity index (χ3n) is 1.81. The first-order chi connectivity index (χ1) is 7.18. The van der Waals surface area contributed by atoms with Crippen LogP contribution in [0.4, 0.5) is 4.79 Å². The molecule has 0 aliphatic heterocycles. The summed E-state index contributed by atoms with van der Waals surface area (Å²) in [5, 5.41) is 4.50. The number of para-hydroxylation sites is 1. The van der Waals surface area contributed by atoms with Crippen LogP contribution in [0.15, 0.2) is 34.8 Å². The second-order valence-corrected chi connectivity index (χ2v) is 3.32. The van der Waals surface area contributed by atoms with E-state index < -0.39 is 16.5 Å². The summed E-state index contributed by atoms with van der Waals surface area (Å²) in [7, 11) is -2.76. The highest BCUT2D eigenvalue weighted by Crippen LogP contribution is 2.12. The molecule has 0 saturated heterocycles. The van der Waals surface area contributed by atoms with Crippen molar-refractivity contribution in [3.8, 4) is 0 Å². The van der Waals surface area contributed by atoms with E-state index in [9.17, 15) is 13.2 Å². The minimum atomic E-state index is -2.76. The van der Waals surface area contributed by atoms with E-state index in [0.29, 0.717) is 5.52 Å². The van der Waals surface area contributed by atoms with Crippen LogP contribution in [-0.4, -0.2) is 24.2 Å². The summed E-state index contributed by atoms with van der Waals surface area (Å²) in [5.74, 6) is 0. The SMILES string of the molecule is O=C(N=S(=O)=O)n1ncc2ccccc21. The maximum Gasteiger partial charge on any atom is 0.383 e. The Kier molecular flexibility index (Phi) is 2.30. The first kappa shape index (κ1) is 9.53. The van der Waals surface area contributed by atoms with Crippen LogP contribution in [0.2, 0.25) is 0 Å². The lowest BCUT2D eigenvalue weighted by molar-refractivity contribution is 0.249. The predicted octanol–water partition coefficient (Wildman–Crippen LogP) is 1.07. The lowest BCUT2D eigenvalue weighted by Gasteiger charge is -1.93. The van der Waals surface area contributed by atoms with Gasteiger partial charge in [0.25, 0.3) is 0 Å². The molecule has 0 saturated carbocycles. The highest BCUT2D eigenvalue weighted by Gasteiger charge is 2.08. The summed E-state index contributed by atoms with van der Waals surface area (Å²) in [5.41, 5.74) is 0.525. The van der Waals surface area contributed by atoms with Crippen LogP contribution in [0.1, 0.15) is 0 Å². The molecule has 0 bridgehead atoms. The monoisotopic (exact) mass is 223 g/mol. The molecule has 0 atom stereocenters. The number of carbonyl (C=O) groups is 1. The summed E-state index contributed by atoms with van der Waals surface area (Å²) >= 11 is 0. The van der Waals surface area contributed by atoms with Gasteiger partial charge in [0.1, 0.15) is 0 Å². The number of benzene rings is 1. The minimum Gasteiger partial charge on any atom is -0.242 e. The highest BCUT2D eigenvalue weighted by atomic mass is 32.2. The number of fused-ring (bicyclic) bond motifs is 1. The maximum absolute atomic E-state index is 11.3. The van der Waals surface area contributed by atoms with Gasteiger partial charge >= 0.3 is 16.5 Å². The lowest BCUT2D eigenvalue weighted by atomic mass is 10.3. The van der Waals surface area contributed by atoms with Gasteiger partial charge in [0.05, 0.1) is 11.7 Å². The molecule has 2 aromatic rings. The van der Waals surface area contributed by atoms with Crippen molar-refractivity contribution in [3.05, 3.63) is 30.5 Å². The Bertz CT molecular complexity index is 649. The minimum absolute atomic E-state index is 0.525. The molecule has 7 heteroatoms. The summed E-state index contributed by atoms with van der Waals surface area (Å²) in [6, 6.07) is 6.01. The molecule has 0 aliphatic carbocycles. The van der Waals surface area contributed by atoms with Gasteiger partial charge in [0, 0.05) is 5.39 Å². The largest absolute Gasteiger partial charge is 0.383 e. The maximum atomic E-state index is 11.3. The topological polar surface area (TPSA) is 81.4 Å². The van der Waals surface area contributed by atoms with Gasteiger partial charge in [-0.3, -0.25) is 0 Å². The molecule has 1 amide bonds. The molecule has 6 nitrogen and oxygen atoms in total. The van der Waals surface area contributed by atoms with E-state index in [-0.39, 0.29) is 0 Å². The van der Waals surface area contributed by atoms with Crippen molar-refractivity contribution in [2.75, 3.05) is 0 Å². The van der Waals surface area contributed by atoms with E-state index >= 15 is 0 Å². The van der Waals surface area contributed by atoms with Crippen LogP contribution in [0.3, 0.4) is 0 Å². The molecule has 15 heavy (non-hydrogen) atoms. The van der Waals surface area contributed by atoms with E-state index in [2.05, 4.69) is 9.46 Å². The van der Waals surface area contributed by atoms with Gasteiger partial charge in [0.2, 0.25) is 0 Å². The summed E-state index contributed by atoms with van der Waals surface area (Å²) in [4.78, 5) is 11.3. The zero-order valence-corrected chi connectivity index (χ0v) is 8.18. The Morgan fingerprint density at radius 2 is 2.07 bits per heavy atom. The Labute approximate surface area is 85.8 Å². The summed E-state index contributed by atoms with van der Waals surface area (Å²) < 4.78 is 24.2. The fourth-order valence-corrected chi connectivity index (χ4v) is 1.43. The quantitative estimate of drug-likeness (QED) is 0.668. The summed E-state index contributed by atoms with van der Waals surface area (Å²) in [6.07, 6.45) is 1.47. The van der Waals surface area contributed by atoms with E-state index in [4.69, 9.17) is 0 Å². The fourth-order valence-electron chi connectivity index (χ4n) is 1.23. The first-order valence-corrected chi connectivity index (χ1v) is 5.00. The number of aromatic nitrogens is 2. The van der Waals surface area contributed by atoms with Gasteiger partial charge in [0.15, 0.2) is 0 Å². The highest BCUT2D eigenvalue weighted by molar-refractivity contribution is 7.62. The van der Waals surface area contributed by atoms with E-state index in [1.165, 1.54) is 6.20 Å². The Balaban J connectivity index is 2.63. The first-order valence-electron chi connectivity index (χ1n) is 3.97. The van der Waals surface area contributed by atoms with Gasteiger partial charge in [-0.05, 0) is 6.07 Å². The van der Waals surface area contributed by atoms with Crippen molar-refractivity contribution >= 4 is 27.4 Å². The molecule has 0 aliphatic rings. The molecule has 1 aromatic heterocycles. The van der Waals surface area contributed by atoms with Gasteiger partial charge in [-0.25, -0.2) is 4.79 Å². The Hall–Kier alpha value is -2.02. The zero-order valence-electron chi connectivity index (χ0n) is 7.36. The number of rotatable bonds is 0. The molecular weight excluding hydrogens is 218 g/mol. The van der Waals surface area contributed by atoms with Crippen LogP contribution in [0, 0.1) is 0 Å². The fraction of sp³-hybridized carbons (Fsp3) is 0. The van der Waals surface area contributed by atoms with Crippen LogP contribution in [0.25, 0.3) is 10.9 Å². The average molecular weight is 223 g/mol. The van der Waals surface area contributed by atoms with Crippen molar-refractivity contribution in [1.29, 1.82) is 0 Å². The third kappa shape index (κ3) is 1.77. The average Bonchev–Trinajstić information content (AvgIpc) is 2.59. The molecule has 76 valence electrons. The van der Waals surface area contributed by atoms with Gasteiger partial charge in [-0.15, -0.1) is 0 Å². The number of amides is 1. The number of nitrogens with zero attached hydrogens (tertiary/aromatic N) is 3. The Morgan fingerprint density at radius 1 is 1.33 bits per heavy atom. The van der Waals surface area contributed by atoms with Crippen LogP contribution in [0.5, 0.6) is 0 Å². The van der Waals surface area contributed by atoms with Gasteiger partial charge in [-0.2, -0.15) is 18.2 Å². The van der Waals surface area contributed by atoms with Gasteiger partial charge < -0.3 is 0 Å². The molecule has 0 N–H and O–H groups in total. The molecule has 0 fully saturated rings. The van der Waals surface area contributed by atoms with Crippen molar-refractivity contribution in [2.24, 2.45) is 4.36 Å².